The van der Waals surface area contributed by atoms with E-state index in [0.717, 1.165) is 11.1 Å². The Morgan fingerprint density at radius 1 is 0.947 bits per heavy atom. The molecule has 0 amide bonds. The van der Waals surface area contributed by atoms with Gasteiger partial charge in [-0.1, -0.05) is 63.2 Å². The average Bonchev–Trinajstić information content (AvgIpc) is 3.15. The molecule has 2 aromatic carbocycles. The number of rotatable bonds is 10. The molecular weight excluding hydrogens is 484 g/mol. The van der Waals surface area contributed by atoms with Gasteiger partial charge in [0, 0.05) is 11.0 Å². The normalized spacial score (nSPS) is 20.0. The van der Waals surface area contributed by atoms with Crippen molar-refractivity contribution in [1.29, 1.82) is 0 Å². The predicted octanol–water partition coefficient (Wildman–Crippen LogP) is 5.83. The van der Waals surface area contributed by atoms with Crippen LogP contribution in [0.2, 0.25) is 0 Å². The molecule has 0 aromatic heterocycles. The Morgan fingerprint density at radius 2 is 1.53 bits per heavy atom. The smallest absolute Gasteiger partial charge is 0.348 e. The molecule has 7 heteroatoms. The van der Waals surface area contributed by atoms with E-state index in [9.17, 15) is 14.4 Å². The van der Waals surface area contributed by atoms with E-state index in [1.54, 1.807) is 27.9 Å². The zero-order chi connectivity index (χ0) is 28.4. The van der Waals surface area contributed by atoms with Crippen LogP contribution in [0.25, 0.3) is 0 Å². The monoisotopic (exact) mass is 524 g/mol. The van der Waals surface area contributed by atoms with Crippen LogP contribution in [0.3, 0.4) is 0 Å². The quantitative estimate of drug-likeness (QED) is 0.285. The standard InChI is InChI=1S/C31H40O7/c1-9-30(6,19-28(2,3)26(33)37-24-25(32)36-20-29(24,4)5)27(34)38-31(7,21-13-11-10-12-14-21)22-15-17-23(35-8)18-16-22/h10-18,24H,9,19-20H2,1-8H3. The third-order valence-electron chi connectivity index (χ3n) is 7.66. The second-order valence-corrected chi connectivity index (χ2v) is 11.9. The summed E-state index contributed by atoms with van der Waals surface area (Å²) in [4.78, 5) is 39.4. The van der Waals surface area contributed by atoms with Crippen molar-refractivity contribution < 1.29 is 33.3 Å². The van der Waals surface area contributed by atoms with E-state index in [4.69, 9.17) is 18.9 Å². The molecule has 0 spiro atoms. The van der Waals surface area contributed by atoms with Crippen molar-refractivity contribution in [3.8, 4) is 5.75 Å². The molecule has 1 saturated heterocycles. The molecule has 3 atom stereocenters. The minimum Gasteiger partial charge on any atom is -0.497 e. The van der Waals surface area contributed by atoms with Crippen LogP contribution in [-0.4, -0.2) is 37.7 Å². The first-order valence-electron chi connectivity index (χ1n) is 13.0. The summed E-state index contributed by atoms with van der Waals surface area (Å²) in [6.07, 6.45) is -0.373. The van der Waals surface area contributed by atoms with E-state index >= 15 is 0 Å². The van der Waals surface area contributed by atoms with Crippen LogP contribution in [-0.2, 0) is 34.2 Å². The lowest BCUT2D eigenvalue weighted by Crippen LogP contribution is -2.44. The molecule has 3 rings (SSSR count). The number of hydrogen-bond donors (Lipinski definition) is 0. The summed E-state index contributed by atoms with van der Waals surface area (Å²) in [6, 6.07) is 17.0. The van der Waals surface area contributed by atoms with Gasteiger partial charge in [-0.25, -0.2) is 4.79 Å². The van der Waals surface area contributed by atoms with Crippen molar-refractivity contribution >= 4 is 17.9 Å². The number of carbonyl (C=O) groups is 3. The number of cyclic esters (lactones) is 1. The summed E-state index contributed by atoms with van der Waals surface area (Å²) in [5.74, 6) is -0.829. The number of esters is 3. The number of ether oxygens (including phenoxy) is 4. The lowest BCUT2D eigenvalue weighted by Gasteiger charge is -2.38. The Hall–Kier alpha value is -3.35. The van der Waals surface area contributed by atoms with Crippen molar-refractivity contribution in [3.63, 3.8) is 0 Å². The molecular formula is C31H40O7. The first kappa shape index (κ1) is 29.2. The van der Waals surface area contributed by atoms with Gasteiger partial charge in [0.25, 0.3) is 0 Å². The Morgan fingerprint density at radius 3 is 2.03 bits per heavy atom. The van der Waals surface area contributed by atoms with Gasteiger partial charge in [0.05, 0.1) is 17.9 Å². The maximum atomic E-state index is 13.9. The lowest BCUT2D eigenvalue weighted by atomic mass is 9.72. The van der Waals surface area contributed by atoms with Gasteiger partial charge in [0.2, 0.25) is 6.10 Å². The lowest BCUT2D eigenvalue weighted by molar-refractivity contribution is -0.177. The SMILES string of the molecule is CCC(C)(CC(C)(C)C(=O)OC1C(=O)OCC1(C)C)C(=O)OC(C)(c1ccccc1)c1ccc(OC)cc1. The first-order chi connectivity index (χ1) is 17.7. The van der Waals surface area contributed by atoms with E-state index < -0.39 is 45.9 Å². The van der Waals surface area contributed by atoms with Gasteiger partial charge in [0.15, 0.2) is 5.60 Å². The van der Waals surface area contributed by atoms with Crippen LogP contribution in [0.15, 0.2) is 54.6 Å². The highest BCUT2D eigenvalue weighted by Gasteiger charge is 2.50. The van der Waals surface area contributed by atoms with Gasteiger partial charge >= 0.3 is 17.9 Å². The molecule has 3 unspecified atom stereocenters. The molecule has 0 aliphatic carbocycles. The average molecular weight is 525 g/mol. The second-order valence-electron chi connectivity index (χ2n) is 11.9. The minimum absolute atomic E-state index is 0.170. The fraction of sp³-hybridized carbons (Fsp3) is 0.516. The Balaban J connectivity index is 1.87. The molecule has 0 bridgehead atoms. The third kappa shape index (κ3) is 5.87. The van der Waals surface area contributed by atoms with Crippen molar-refractivity contribution in [3.05, 3.63) is 65.7 Å². The highest BCUT2D eigenvalue weighted by molar-refractivity contribution is 5.85. The molecule has 1 heterocycles. The molecule has 7 nitrogen and oxygen atoms in total. The molecule has 206 valence electrons. The summed E-state index contributed by atoms with van der Waals surface area (Å²) >= 11 is 0. The van der Waals surface area contributed by atoms with Crippen molar-refractivity contribution in [2.45, 2.75) is 73.0 Å². The van der Waals surface area contributed by atoms with Crippen LogP contribution >= 0.6 is 0 Å². The minimum atomic E-state index is -1.08. The van der Waals surface area contributed by atoms with Crippen LogP contribution in [0.1, 0.15) is 72.4 Å². The van der Waals surface area contributed by atoms with Gasteiger partial charge in [-0.3, -0.25) is 9.59 Å². The largest absolute Gasteiger partial charge is 0.497 e. The number of carbonyl (C=O) groups excluding carboxylic acids is 3. The Bertz CT molecular complexity index is 1150. The maximum absolute atomic E-state index is 13.9. The molecule has 0 radical (unpaired) electrons. The van der Waals surface area contributed by atoms with Gasteiger partial charge < -0.3 is 18.9 Å². The summed E-state index contributed by atoms with van der Waals surface area (Å²) in [5, 5.41) is 0. The Kier molecular flexibility index (Phi) is 8.30. The molecule has 2 aromatic rings. The van der Waals surface area contributed by atoms with Gasteiger partial charge in [-0.2, -0.15) is 0 Å². The molecule has 0 saturated carbocycles. The molecule has 0 N–H and O–H groups in total. The summed E-state index contributed by atoms with van der Waals surface area (Å²) < 4.78 is 22.4. The molecule has 1 aliphatic heterocycles. The molecule has 1 aliphatic rings. The predicted molar refractivity (Wildman–Crippen MR) is 143 cm³/mol. The van der Waals surface area contributed by atoms with Crippen LogP contribution < -0.4 is 4.74 Å². The van der Waals surface area contributed by atoms with Crippen LogP contribution in [0.5, 0.6) is 5.75 Å². The van der Waals surface area contributed by atoms with Crippen molar-refractivity contribution in [2.24, 2.45) is 16.2 Å². The second kappa shape index (κ2) is 10.8. The van der Waals surface area contributed by atoms with E-state index in [0.29, 0.717) is 12.2 Å². The van der Waals surface area contributed by atoms with Gasteiger partial charge in [0.1, 0.15) is 12.4 Å². The van der Waals surface area contributed by atoms with Gasteiger partial charge in [-0.05, 0) is 58.2 Å². The van der Waals surface area contributed by atoms with E-state index in [2.05, 4.69) is 0 Å². The number of benzene rings is 2. The molecule has 1 fully saturated rings. The topological polar surface area (TPSA) is 88.1 Å². The Labute approximate surface area is 225 Å². The third-order valence-corrected chi connectivity index (χ3v) is 7.66. The fourth-order valence-electron chi connectivity index (χ4n) is 4.85. The van der Waals surface area contributed by atoms with E-state index in [-0.39, 0.29) is 13.0 Å². The molecule has 38 heavy (non-hydrogen) atoms. The van der Waals surface area contributed by atoms with Crippen molar-refractivity contribution in [1.82, 2.24) is 0 Å². The van der Waals surface area contributed by atoms with Gasteiger partial charge in [-0.15, -0.1) is 0 Å². The van der Waals surface area contributed by atoms with Crippen molar-refractivity contribution in [2.75, 3.05) is 13.7 Å². The summed E-state index contributed by atoms with van der Waals surface area (Å²) in [6.45, 7) is 12.8. The summed E-state index contributed by atoms with van der Waals surface area (Å²) in [7, 11) is 1.60. The highest BCUT2D eigenvalue weighted by Crippen LogP contribution is 2.43. The van der Waals surface area contributed by atoms with E-state index in [1.807, 2.05) is 82.3 Å². The number of hydrogen-bond acceptors (Lipinski definition) is 7. The zero-order valence-corrected chi connectivity index (χ0v) is 23.8. The number of methoxy groups -OCH3 is 1. The van der Waals surface area contributed by atoms with E-state index in [1.165, 1.54) is 0 Å². The van der Waals surface area contributed by atoms with Crippen LogP contribution in [0.4, 0.5) is 0 Å². The highest BCUT2D eigenvalue weighted by atomic mass is 16.6. The first-order valence-corrected chi connectivity index (χ1v) is 13.0. The summed E-state index contributed by atoms with van der Waals surface area (Å²) in [5.41, 5.74) is -2.16. The van der Waals surface area contributed by atoms with Crippen LogP contribution in [0, 0.1) is 16.2 Å². The fourth-order valence-corrected chi connectivity index (χ4v) is 4.85. The zero-order valence-electron chi connectivity index (χ0n) is 23.8. The maximum Gasteiger partial charge on any atom is 0.348 e.